The van der Waals surface area contributed by atoms with Gasteiger partial charge < -0.3 is 15.2 Å². The van der Waals surface area contributed by atoms with Crippen molar-refractivity contribution >= 4 is 17.7 Å². The number of pyridine rings is 1. The monoisotopic (exact) mass is 446 g/mol. The van der Waals surface area contributed by atoms with Gasteiger partial charge in [0.2, 0.25) is 5.88 Å². The molecule has 0 unspecified atom stereocenters. The van der Waals surface area contributed by atoms with E-state index in [1.165, 1.54) is 11.8 Å². The molecule has 0 radical (unpaired) electrons. The van der Waals surface area contributed by atoms with Crippen molar-refractivity contribution in [3.63, 3.8) is 0 Å². The first-order valence-electron chi connectivity index (χ1n) is 9.95. The van der Waals surface area contributed by atoms with E-state index in [1.807, 2.05) is 50.2 Å². The summed E-state index contributed by atoms with van der Waals surface area (Å²) in [4.78, 5) is 17.5. The molecule has 1 aromatic carbocycles. The van der Waals surface area contributed by atoms with Gasteiger partial charge in [0.25, 0.3) is 0 Å². The quantitative estimate of drug-likeness (QED) is 0.522. The van der Waals surface area contributed by atoms with Gasteiger partial charge in [-0.05, 0) is 38.0 Å². The topological polar surface area (TPSA) is 122 Å². The molecule has 8 heteroatoms. The number of nitrogens with two attached hydrogens (primary N) is 1. The smallest absolute Gasteiger partial charge is 0.338 e. The second kappa shape index (κ2) is 10.0. The van der Waals surface area contributed by atoms with Crippen LogP contribution in [0.2, 0.25) is 0 Å². The van der Waals surface area contributed by atoms with E-state index < -0.39 is 11.9 Å². The Bertz CT molecular complexity index is 1190. The molecule has 1 aliphatic rings. The molecule has 0 spiro atoms. The Kier molecular flexibility index (Phi) is 7.19. The molecule has 0 amide bonds. The minimum absolute atomic E-state index is 0.0566. The lowest BCUT2D eigenvalue weighted by atomic mass is 9.83. The van der Waals surface area contributed by atoms with E-state index in [1.54, 1.807) is 6.92 Å². The molecule has 0 aliphatic carbocycles. The molecule has 2 N–H and O–H groups in total. The molecule has 0 fully saturated rings. The molecule has 0 saturated carbocycles. The van der Waals surface area contributed by atoms with E-state index in [4.69, 9.17) is 15.2 Å². The van der Waals surface area contributed by atoms with Crippen molar-refractivity contribution in [3.05, 3.63) is 81.6 Å². The molecule has 2 heterocycles. The van der Waals surface area contributed by atoms with E-state index in [0.717, 1.165) is 16.8 Å². The Morgan fingerprint density at radius 2 is 1.97 bits per heavy atom. The first-order chi connectivity index (χ1) is 15.4. The maximum Gasteiger partial charge on any atom is 0.338 e. The number of esters is 1. The summed E-state index contributed by atoms with van der Waals surface area (Å²) in [5.41, 5.74) is 9.25. The average molecular weight is 447 g/mol. The summed E-state index contributed by atoms with van der Waals surface area (Å²) < 4.78 is 11.1. The van der Waals surface area contributed by atoms with Crippen LogP contribution >= 0.6 is 11.8 Å². The lowest BCUT2D eigenvalue weighted by Gasteiger charge is -2.28. The summed E-state index contributed by atoms with van der Waals surface area (Å²) in [7, 11) is 0. The summed E-state index contributed by atoms with van der Waals surface area (Å²) in [5.74, 6) is -0.887. The number of aromatic nitrogens is 1. The van der Waals surface area contributed by atoms with Crippen molar-refractivity contribution in [2.75, 3.05) is 12.4 Å². The largest absolute Gasteiger partial charge is 0.463 e. The zero-order chi connectivity index (χ0) is 23.3. The lowest BCUT2D eigenvalue weighted by Crippen LogP contribution is -2.27. The highest BCUT2D eigenvalue weighted by atomic mass is 32.2. The molecule has 0 saturated heterocycles. The number of carbonyl (C=O) groups excluding carboxylic acids is 1. The maximum atomic E-state index is 13.0. The summed E-state index contributed by atoms with van der Waals surface area (Å²) in [6.07, 6.45) is 0. The van der Waals surface area contributed by atoms with Crippen molar-refractivity contribution in [3.8, 4) is 12.1 Å². The Morgan fingerprint density at radius 1 is 1.25 bits per heavy atom. The van der Waals surface area contributed by atoms with Crippen LogP contribution in [0, 0.1) is 36.5 Å². The van der Waals surface area contributed by atoms with Crippen LogP contribution < -0.4 is 5.73 Å². The minimum Gasteiger partial charge on any atom is -0.463 e. The van der Waals surface area contributed by atoms with Crippen LogP contribution in [-0.4, -0.2) is 23.3 Å². The highest BCUT2D eigenvalue weighted by molar-refractivity contribution is 7.99. The van der Waals surface area contributed by atoms with Gasteiger partial charge in [-0.2, -0.15) is 10.5 Å². The molecular weight excluding hydrogens is 424 g/mol. The van der Waals surface area contributed by atoms with E-state index in [9.17, 15) is 15.3 Å². The fourth-order valence-corrected chi connectivity index (χ4v) is 4.56. The van der Waals surface area contributed by atoms with Crippen LogP contribution in [0.3, 0.4) is 0 Å². The number of allylic oxidation sites excluding steroid dienone is 1. The molecular formula is C24H22N4O3S. The van der Waals surface area contributed by atoms with Gasteiger partial charge in [-0.15, -0.1) is 0 Å². The minimum atomic E-state index is -0.716. The third-order valence-corrected chi connectivity index (χ3v) is 5.86. The van der Waals surface area contributed by atoms with E-state index >= 15 is 0 Å². The van der Waals surface area contributed by atoms with Gasteiger partial charge in [0.1, 0.15) is 28.5 Å². The summed E-state index contributed by atoms with van der Waals surface area (Å²) in [6.45, 7) is 5.58. The molecule has 1 atom stereocenters. The van der Waals surface area contributed by atoms with Crippen LogP contribution in [0.4, 0.5) is 0 Å². The first kappa shape index (κ1) is 22.9. The number of benzene rings is 1. The lowest BCUT2D eigenvalue weighted by molar-refractivity contribution is -0.139. The SMILES string of the molecule is CCOC(=O)C1=C(CSc2nc(C)cc(C)c2C#N)OC(N)=C(C#N)[C@@H]1c1ccccc1. The average Bonchev–Trinajstić information content (AvgIpc) is 2.77. The Hall–Kier alpha value is -3.75. The van der Waals surface area contributed by atoms with Crippen LogP contribution in [0.5, 0.6) is 0 Å². The van der Waals surface area contributed by atoms with Gasteiger partial charge in [-0.25, -0.2) is 9.78 Å². The van der Waals surface area contributed by atoms with Gasteiger partial charge in [0.15, 0.2) is 0 Å². The van der Waals surface area contributed by atoms with Gasteiger partial charge in [-0.1, -0.05) is 42.1 Å². The Labute approximate surface area is 191 Å². The van der Waals surface area contributed by atoms with Crippen molar-refractivity contribution < 1.29 is 14.3 Å². The van der Waals surface area contributed by atoms with Gasteiger partial charge in [0.05, 0.1) is 29.4 Å². The first-order valence-corrected chi connectivity index (χ1v) is 10.9. The van der Waals surface area contributed by atoms with Crippen LogP contribution in [0.25, 0.3) is 0 Å². The zero-order valence-electron chi connectivity index (χ0n) is 18.0. The molecule has 1 aromatic heterocycles. The van der Waals surface area contributed by atoms with E-state index in [2.05, 4.69) is 17.1 Å². The predicted octanol–water partition coefficient (Wildman–Crippen LogP) is 3.99. The van der Waals surface area contributed by atoms with E-state index in [0.29, 0.717) is 10.6 Å². The highest BCUT2D eigenvalue weighted by Crippen LogP contribution is 2.41. The highest BCUT2D eigenvalue weighted by Gasteiger charge is 2.37. The maximum absolute atomic E-state index is 13.0. The second-order valence-electron chi connectivity index (χ2n) is 7.05. The van der Waals surface area contributed by atoms with Gasteiger partial charge in [-0.3, -0.25) is 0 Å². The molecule has 2 aromatic rings. The van der Waals surface area contributed by atoms with Gasteiger partial charge >= 0.3 is 5.97 Å². The number of ether oxygens (including phenoxy) is 2. The van der Waals surface area contributed by atoms with Crippen molar-refractivity contribution in [2.45, 2.75) is 31.7 Å². The van der Waals surface area contributed by atoms with Crippen LogP contribution in [0.15, 0.2) is 64.2 Å². The Balaban J connectivity index is 2.10. The number of nitriles is 2. The summed E-state index contributed by atoms with van der Waals surface area (Å²) >= 11 is 1.27. The van der Waals surface area contributed by atoms with Crippen molar-refractivity contribution in [1.82, 2.24) is 4.98 Å². The molecule has 1 aliphatic heterocycles. The third kappa shape index (κ3) is 4.61. The number of thioether (sulfide) groups is 1. The fraction of sp³-hybridized carbons (Fsp3) is 0.250. The number of carbonyl (C=O) groups is 1. The standard InChI is InChI=1S/C24H22N4O3S/c1-4-30-24(29)21-19(13-32-23-17(11-25)14(2)10-15(3)28-23)31-22(27)18(12-26)20(21)16-8-6-5-7-9-16/h5-10,20H,4,13,27H2,1-3H3/t20-/m0/s1. The van der Waals surface area contributed by atoms with Gasteiger partial charge in [0, 0.05) is 5.69 Å². The molecule has 0 bridgehead atoms. The summed E-state index contributed by atoms with van der Waals surface area (Å²) in [6, 6.07) is 15.3. The number of aryl methyl sites for hydroxylation is 2. The number of nitrogens with zero attached hydrogens (tertiary/aromatic N) is 3. The molecule has 3 rings (SSSR count). The van der Waals surface area contributed by atoms with Crippen molar-refractivity contribution in [1.29, 1.82) is 10.5 Å². The predicted molar refractivity (Wildman–Crippen MR) is 120 cm³/mol. The van der Waals surface area contributed by atoms with Crippen molar-refractivity contribution in [2.24, 2.45) is 5.73 Å². The zero-order valence-corrected chi connectivity index (χ0v) is 18.8. The second-order valence-corrected chi connectivity index (χ2v) is 8.02. The number of hydrogen-bond donors (Lipinski definition) is 1. The van der Waals surface area contributed by atoms with Crippen LogP contribution in [-0.2, 0) is 14.3 Å². The molecule has 7 nitrogen and oxygen atoms in total. The third-order valence-electron chi connectivity index (χ3n) is 4.89. The fourth-order valence-electron chi connectivity index (χ4n) is 3.51. The molecule has 162 valence electrons. The number of hydrogen-bond acceptors (Lipinski definition) is 8. The van der Waals surface area contributed by atoms with E-state index in [-0.39, 0.29) is 35.1 Å². The number of rotatable bonds is 6. The Morgan fingerprint density at radius 3 is 2.59 bits per heavy atom. The molecule has 32 heavy (non-hydrogen) atoms. The normalized spacial score (nSPS) is 15.6. The van der Waals surface area contributed by atoms with Crippen LogP contribution in [0.1, 0.15) is 35.2 Å². The summed E-state index contributed by atoms with van der Waals surface area (Å²) in [5, 5.41) is 19.8.